The molecule has 0 aliphatic rings. The number of hydrogen-bond acceptors (Lipinski definition) is 8. The molecule has 0 atom stereocenters. The van der Waals surface area contributed by atoms with Crippen molar-refractivity contribution in [2.75, 3.05) is 31.6 Å². The first-order valence-electron chi connectivity index (χ1n) is 13.7. The van der Waals surface area contributed by atoms with E-state index in [-0.39, 0.29) is 24.8 Å². The van der Waals surface area contributed by atoms with E-state index in [0.717, 1.165) is 33.4 Å². The summed E-state index contributed by atoms with van der Waals surface area (Å²) in [6.07, 6.45) is 3.49. The zero-order chi connectivity index (χ0) is 30.3. The van der Waals surface area contributed by atoms with E-state index in [0.29, 0.717) is 53.4 Å². The van der Waals surface area contributed by atoms with E-state index in [9.17, 15) is 4.79 Å². The second kappa shape index (κ2) is 14.0. The fourth-order valence-electron chi connectivity index (χ4n) is 4.69. The predicted octanol–water partition coefficient (Wildman–Crippen LogP) is 4.49. The Kier molecular flexibility index (Phi) is 9.98. The molecule has 222 valence electrons. The van der Waals surface area contributed by atoms with Crippen LogP contribution in [0.25, 0.3) is 28.2 Å². The van der Waals surface area contributed by atoms with Gasteiger partial charge in [-0.3, -0.25) is 9.78 Å². The molecule has 1 amide bonds. The summed E-state index contributed by atoms with van der Waals surface area (Å²) >= 11 is 13.4. The molecule has 0 spiro atoms. The summed E-state index contributed by atoms with van der Waals surface area (Å²) in [4.78, 5) is 22.0. The van der Waals surface area contributed by atoms with E-state index in [1.54, 1.807) is 22.8 Å². The second-order valence-corrected chi connectivity index (χ2v) is 10.6. The quantitative estimate of drug-likeness (QED) is 0.129. The van der Waals surface area contributed by atoms with Crippen molar-refractivity contribution in [2.45, 2.75) is 20.0 Å². The lowest BCUT2D eigenvalue weighted by atomic mass is 9.95. The minimum absolute atomic E-state index is 0.0503. The van der Waals surface area contributed by atoms with Gasteiger partial charge >= 0.3 is 0 Å². The van der Waals surface area contributed by atoms with Gasteiger partial charge in [0, 0.05) is 49.7 Å². The van der Waals surface area contributed by atoms with Gasteiger partial charge in [0.15, 0.2) is 11.5 Å². The number of amides is 1. The lowest BCUT2D eigenvalue weighted by Crippen LogP contribution is -2.18. The molecule has 0 aliphatic carbocycles. The first-order valence-corrected chi connectivity index (χ1v) is 14.5. The monoisotopic (exact) mass is 619 g/mol. The van der Waals surface area contributed by atoms with Crippen molar-refractivity contribution in [1.29, 1.82) is 0 Å². The molecule has 12 heteroatoms. The van der Waals surface area contributed by atoms with Gasteiger partial charge in [0.1, 0.15) is 5.69 Å². The van der Waals surface area contributed by atoms with Crippen molar-refractivity contribution in [1.82, 2.24) is 30.2 Å². The number of aliphatic hydroxyl groups is 2. The normalized spacial score (nSPS) is 11.3. The van der Waals surface area contributed by atoms with Crippen LogP contribution in [0.5, 0.6) is 0 Å². The largest absolute Gasteiger partial charge is 0.395 e. The smallest absolute Gasteiger partial charge is 0.274 e. The minimum Gasteiger partial charge on any atom is -0.395 e. The molecule has 0 aliphatic heterocycles. The number of nitrogens with zero attached hydrogens (tertiary/aromatic N) is 4. The number of pyridine rings is 2. The SMILES string of the molecule is Cc1c(-c2nc3c(Cl)cc(CNCCO)cn3n2)cccc1-c1cccc(NC(=O)c2ccc(CNCCO)cn2)c1Cl. The average Bonchev–Trinajstić information content (AvgIpc) is 3.44. The van der Waals surface area contributed by atoms with Crippen molar-refractivity contribution in [3.63, 3.8) is 0 Å². The van der Waals surface area contributed by atoms with Gasteiger partial charge < -0.3 is 26.2 Å². The molecule has 0 saturated heterocycles. The molecular formula is C31H31Cl2N7O3. The second-order valence-electron chi connectivity index (χ2n) is 9.85. The number of carbonyl (C=O) groups excluding carboxylic acids is 1. The highest BCUT2D eigenvalue weighted by Crippen LogP contribution is 2.38. The van der Waals surface area contributed by atoms with Crippen LogP contribution in [0.15, 0.2) is 67.0 Å². The Hall–Kier alpha value is -3.90. The highest BCUT2D eigenvalue weighted by Gasteiger charge is 2.18. The number of hydrogen-bond donors (Lipinski definition) is 5. The number of rotatable bonds is 12. The fourth-order valence-corrected chi connectivity index (χ4v) is 5.23. The van der Waals surface area contributed by atoms with Crippen molar-refractivity contribution in [3.05, 3.63) is 99.4 Å². The maximum absolute atomic E-state index is 13.0. The standard InChI is InChI=1S/C31H31Cl2N7O3/c1-19-22(4-2-5-23(19)29-38-30-25(32)14-21(16-35-11-13-42)18-40(30)39-29)24-6-3-7-26(28(24)33)37-31(43)27-9-8-20(17-36-27)15-34-10-12-41/h2-9,14,17-18,34-35,41-42H,10-13,15-16H2,1H3,(H,37,43). The number of nitrogens with one attached hydrogen (secondary N) is 3. The van der Waals surface area contributed by atoms with Gasteiger partial charge in [-0.25, -0.2) is 9.50 Å². The lowest BCUT2D eigenvalue weighted by molar-refractivity contribution is 0.102. The molecule has 5 N–H and O–H groups in total. The summed E-state index contributed by atoms with van der Waals surface area (Å²) in [5, 5.41) is 32.6. The van der Waals surface area contributed by atoms with Crippen LogP contribution in [-0.2, 0) is 13.1 Å². The molecule has 43 heavy (non-hydrogen) atoms. The third-order valence-corrected chi connectivity index (χ3v) is 7.54. The van der Waals surface area contributed by atoms with Crippen molar-refractivity contribution in [2.24, 2.45) is 0 Å². The Balaban J connectivity index is 1.39. The van der Waals surface area contributed by atoms with E-state index >= 15 is 0 Å². The first kappa shape index (κ1) is 30.6. The van der Waals surface area contributed by atoms with Gasteiger partial charge in [-0.1, -0.05) is 59.6 Å². The van der Waals surface area contributed by atoms with Crippen molar-refractivity contribution < 1.29 is 15.0 Å². The highest BCUT2D eigenvalue weighted by atomic mass is 35.5. The molecule has 0 radical (unpaired) electrons. The number of carbonyl (C=O) groups is 1. The Bertz CT molecular complexity index is 1740. The summed E-state index contributed by atoms with van der Waals surface area (Å²) in [7, 11) is 0. The third-order valence-electron chi connectivity index (χ3n) is 6.85. The van der Waals surface area contributed by atoms with E-state index < -0.39 is 0 Å². The fraction of sp³-hybridized carbons (Fsp3) is 0.226. The van der Waals surface area contributed by atoms with Crippen molar-refractivity contribution in [3.8, 4) is 22.5 Å². The van der Waals surface area contributed by atoms with Crippen LogP contribution in [0.4, 0.5) is 5.69 Å². The molecule has 3 aromatic heterocycles. The zero-order valence-electron chi connectivity index (χ0n) is 23.4. The van der Waals surface area contributed by atoms with Gasteiger partial charge in [0.25, 0.3) is 5.91 Å². The van der Waals surface area contributed by atoms with Crippen LogP contribution in [0, 0.1) is 6.92 Å². The number of fused-ring (bicyclic) bond motifs is 1. The van der Waals surface area contributed by atoms with E-state index in [1.807, 2.05) is 55.6 Å². The molecule has 2 aromatic carbocycles. The first-order chi connectivity index (χ1) is 20.9. The number of aliphatic hydroxyl groups excluding tert-OH is 2. The lowest BCUT2D eigenvalue weighted by Gasteiger charge is -2.14. The van der Waals surface area contributed by atoms with Gasteiger partial charge in [0.2, 0.25) is 0 Å². The average molecular weight is 621 g/mol. The summed E-state index contributed by atoms with van der Waals surface area (Å²) in [6, 6.07) is 16.6. The number of halogens is 2. The van der Waals surface area contributed by atoms with Crippen LogP contribution in [0.1, 0.15) is 27.2 Å². The molecular weight excluding hydrogens is 589 g/mol. The third kappa shape index (κ3) is 7.02. The Labute approximate surface area is 258 Å². The van der Waals surface area contributed by atoms with Gasteiger partial charge in [0.05, 0.1) is 28.9 Å². The Morgan fingerprint density at radius 1 is 0.907 bits per heavy atom. The van der Waals surface area contributed by atoms with Crippen LogP contribution < -0.4 is 16.0 Å². The molecule has 0 bridgehead atoms. The molecule has 5 aromatic rings. The molecule has 0 fully saturated rings. The maximum Gasteiger partial charge on any atom is 0.274 e. The number of benzene rings is 2. The minimum atomic E-state index is -0.379. The van der Waals surface area contributed by atoms with E-state index in [2.05, 4.69) is 20.9 Å². The molecule has 0 saturated carbocycles. The molecule has 10 nitrogen and oxygen atoms in total. The van der Waals surface area contributed by atoms with Crippen LogP contribution in [-0.4, -0.2) is 62.0 Å². The topological polar surface area (TPSA) is 137 Å². The number of anilines is 1. The molecule has 0 unspecified atom stereocenters. The van der Waals surface area contributed by atoms with Crippen LogP contribution >= 0.6 is 23.2 Å². The Morgan fingerprint density at radius 3 is 2.33 bits per heavy atom. The van der Waals surface area contributed by atoms with Crippen molar-refractivity contribution >= 4 is 40.4 Å². The summed E-state index contributed by atoms with van der Waals surface area (Å²) in [6.45, 7) is 4.12. The zero-order valence-corrected chi connectivity index (χ0v) is 25.0. The highest BCUT2D eigenvalue weighted by molar-refractivity contribution is 6.36. The van der Waals surface area contributed by atoms with Crippen LogP contribution in [0.3, 0.4) is 0 Å². The van der Waals surface area contributed by atoms with E-state index in [4.69, 9.17) is 43.5 Å². The Morgan fingerprint density at radius 2 is 1.60 bits per heavy atom. The molecule has 5 rings (SSSR count). The van der Waals surface area contributed by atoms with Gasteiger partial charge in [-0.05, 0) is 47.4 Å². The van der Waals surface area contributed by atoms with Crippen LogP contribution in [0.2, 0.25) is 10.0 Å². The summed E-state index contributed by atoms with van der Waals surface area (Å²) in [5.41, 5.74) is 6.43. The maximum atomic E-state index is 13.0. The predicted molar refractivity (Wildman–Crippen MR) is 168 cm³/mol. The molecule has 3 heterocycles. The summed E-state index contributed by atoms with van der Waals surface area (Å²) in [5.74, 6) is 0.138. The summed E-state index contributed by atoms with van der Waals surface area (Å²) < 4.78 is 1.66. The van der Waals surface area contributed by atoms with Gasteiger partial charge in [-0.15, -0.1) is 5.10 Å². The van der Waals surface area contributed by atoms with Gasteiger partial charge in [-0.2, -0.15) is 0 Å². The van der Waals surface area contributed by atoms with E-state index in [1.165, 1.54) is 0 Å². The number of aromatic nitrogens is 4.